The summed E-state index contributed by atoms with van der Waals surface area (Å²) in [5.41, 5.74) is 6.17. The Bertz CT molecular complexity index is 724. The molecule has 0 radical (unpaired) electrons. The molecular formula is C19H21N3. The first kappa shape index (κ1) is 14.4. The molecule has 0 saturated heterocycles. The summed E-state index contributed by atoms with van der Waals surface area (Å²) in [6.07, 6.45) is 4.03. The second-order valence-corrected chi connectivity index (χ2v) is 5.76. The maximum atomic E-state index is 4.44. The van der Waals surface area contributed by atoms with Crippen LogP contribution < -0.4 is 5.32 Å². The molecule has 0 aliphatic carbocycles. The second kappa shape index (κ2) is 6.48. The molecule has 0 spiro atoms. The van der Waals surface area contributed by atoms with Gasteiger partial charge in [-0.1, -0.05) is 36.4 Å². The Hall–Kier alpha value is -2.55. The van der Waals surface area contributed by atoms with Crippen molar-refractivity contribution in [2.45, 2.75) is 26.9 Å². The maximum Gasteiger partial charge on any atom is 0.0659 e. The Morgan fingerprint density at radius 1 is 0.955 bits per heavy atom. The quantitative estimate of drug-likeness (QED) is 0.765. The van der Waals surface area contributed by atoms with Crippen molar-refractivity contribution in [3.63, 3.8) is 0 Å². The highest BCUT2D eigenvalue weighted by Crippen LogP contribution is 2.15. The van der Waals surface area contributed by atoms with Gasteiger partial charge in [-0.3, -0.25) is 4.68 Å². The van der Waals surface area contributed by atoms with Crippen LogP contribution in [0.2, 0.25) is 0 Å². The van der Waals surface area contributed by atoms with Crippen molar-refractivity contribution in [3.8, 4) is 0 Å². The van der Waals surface area contributed by atoms with Gasteiger partial charge in [0, 0.05) is 24.0 Å². The van der Waals surface area contributed by atoms with Crippen LogP contribution in [-0.4, -0.2) is 9.78 Å². The first-order chi connectivity index (χ1) is 10.7. The SMILES string of the molecule is Cc1cc(C)cc(NCc2cnn(Cc3ccccc3)c2)c1. The number of aryl methyl sites for hydroxylation is 2. The van der Waals surface area contributed by atoms with Crippen molar-refractivity contribution < 1.29 is 0 Å². The topological polar surface area (TPSA) is 29.9 Å². The van der Waals surface area contributed by atoms with Crippen LogP contribution in [-0.2, 0) is 13.1 Å². The standard InChI is InChI=1S/C19H21N3/c1-15-8-16(2)10-19(9-15)20-11-18-12-21-22(14-18)13-17-6-4-3-5-7-17/h3-10,12,14,20H,11,13H2,1-2H3. The zero-order chi connectivity index (χ0) is 15.4. The highest BCUT2D eigenvalue weighted by atomic mass is 15.3. The number of benzene rings is 2. The molecule has 0 unspecified atom stereocenters. The van der Waals surface area contributed by atoms with Gasteiger partial charge in [-0.15, -0.1) is 0 Å². The molecule has 1 N–H and O–H groups in total. The van der Waals surface area contributed by atoms with Gasteiger partial charge < -0.3 is 5.32 Å². The van der Waals surface area contributed by atoms with E-state index < -0.39 is 0 Å². The Morgan fingerprint density at radius 2 is 1.68 bits per heavy atom. The van der Waals surface area contributed by atoms with E-state index in [0.717, 1.165) is 18.8 Å². The molecule has 0 saturated carbocycles. The van der Waals surface area contributed by atoms with Gasteiger partial charge in [-0.2, -0.15) is 5.10 Å². The van der Waals surface area contributed by atoms with Crippen LogP contribution in [0, 0.1) is 13.8 Å². The molecule has 0 bridgehead atoms. The number of nitrogens with one attached hydrogen (secondary N) is 1. The van der Waals surface area contributed by atoms with E-state index in [1.54, 1.807) is 0 Å². The third kappa shape index (κ3) is 3.76. The summed E-state index contributed by atoms with van der Waals surface area (Å²) < 4.78 is 1.98. The normalized spacial score (nSPS) is 10.6. The van der Waals surface area contributed by atoms with E-state index in [4.69, 9.17) is 0 Å². The molecule has 1 aromatic heterocycles. The fourth-order valence-electron chi connectivity index (χ4n) is 2.64. The summed E-state index contributed by atoms with van der Waals surface area (Å²) in [6.45, 7) is 5.84. The predicted molar refractivity (Wildman–Crippen MR) is 91.0 cm³/mol. The molecule has 3 nitrogen and oxygen atoms in total. The Morgan fingerprint density at radius 3 is 2.41 bits per heavy atom. The van der Waals surface area contributed by atoms with E-state index in [9.17, 15) is 0 Å². The molecule has 3 heteroatoms. The summed E-state index contributed by atoms with van der Waals surface area (Å²) in [5.74, 6) is 0. The lowest BCUT2D eigenvalue weighted by Crippen LogP contribution is -2.01. The van der Waals surface area contributed by atoms with Crippen LogP contribution in [0.3, 0.4) is 0 Å². The van der Waals surface area contributed by atoms with Crippen LogP contribution in [0.4, 0.5) is 5.69 Å². The average Bonchev–Trinajstić information content (AvgIpc) is 2.93. The lowest BCUT2D eigenvalue weighted by molar-refractivity contribution is 0.686. The molecule has 0 amide bonds. The summed E-state index contributed by atoms with van der Waals surface area (Å²) in [7, 11) is 0. The summed E-state index contributed by atoms with van der Waals surface area (Å²) in [4.78, 5) is 0. The number of rotatable bonds is 5. The average molecular weight is 291 g/mol. The van der Waals surface area contributed by atoms with Crippen molar-refractivity contribution >= 4 is 5.69 Å². The van der Waals surface area contributed by atoms with E-state index in [1.165, 1.54) is 22.3 Å². The van der Waals surface area contributed by atoms with Gasteiger partial charge in [-0.05, 0) is 42.7 Å². The minimum atomic E-state index is 0.789. The minimum Gasteiger partial charge on any atom is -0.381 e. The van der Waals surface area contributed by atoms with Crippen molar-refractivity contribution in [3.05, 3.63) is 83.2 Å². The van der Waals surface area contributed by atoms with E-state index >= 15 is 0 Å². The molecule has 0 atom stereocenters. The Labute approximate surface area is 131 Å². The van der Waals surface area contributed by atoms with Crippen molar-refractivity contribution in [1.82, 2.24) is 9.78 Å². The van der Waals surface area contributed by atoms with E-state index in [-0.39, 0.29) is 0 Å². The Balaban J connectivity index is 1.62. The first-order valence-corrected chi connectivity index (χ1v) is 7.56. The number of nitrogens with zero attached hydrogens (tertiary/aromatic N) is 2. The van der Waals surface area contributed by atoms with Gasteiger partial charge in [-0.25, -0.2) is 0 Å². The van der Waals surface area contributed by atoms with Crippen LogP contribution in [0.5, 0.6) is 0 Å². The van der Waals surface area contributed by atoms with E-state index in [1.807, 2.05) is 16.9 Å². The third-order valence-corrected chi connectivity index (χ3v) is 3.59. The third-order valence-electron chi connectivity index (χ3n) is 3.59. The molecule has 0 fully saturated rings. The second-order valence-electron chi connectivity index (χ2n) is 5.76. The maximum absolute atomic E-state index is 4.44. The van der Waals surface area contributed by atoms with Crippen LogP contribution in [0.1, 0.15) is 22.3 Å². The van der Waals surface area contributed by atoms with Gasteiger partial charge in [0.15, 0.2) is 0 Å². The highest BCUT2D eigenvalue weighted by molar-refractivity contribution is 5.48. The van der Waals surface area contributed by atoms with Crippen molar-refractivity contribution in [1.29, 1.82) is 0 Å². The zero-order valence-corrected chi connectivity index (χ0v) is 13.1. The van der Waals surface area contributed by atoms with Crippen LogP contribution in [0.25, 0.3) is 0 Å². The van der Waals surface area contributed by atoms with Crippen LogP contribution >= 0.6 is 0 Å². The van der Waals surface area contributed by atoms with Gasteiger partial charge in [0.05, 0.1) is 12.7 Å². The lowest BCUT2D eigenvalue weighted by atomic mass is 10.1. The molecular weight excluding hydrogens is 270 g/mol. The zero-order valence-electron chi connectivity index (χ0n) is 13.1. The van der Waals surface area contributed by atoms with Gasteiger partial charge in [0.25, 0.3) is 0 Å². The molecule has 3 aromatic rings. The molecule has 3 rings (SSSR count). The number of hydrogen-bond acceptors (Lipinski definition) is 2. The van der Waals surface area contributed by atoms with Gasteiger partial charge in [0.2, 0.25) is 0 Å². The fourth-order valence-corrected chi connectivity index (χ4v) is 2.64. The monoisotopic (exact) mass is 291 g/mol. The van der Waals surface area contributed by atoms with Crippen LogP contribution in [0.15, 0.2) is 60.9 Å². The van der Waals surface area contributed by atoms with Crippen molar-refractivity contribution in [2.24, 2.45) is 0 Å². The molecule has 0 aliphatic heterocycles. The summed E-state index contributed by atoms with van der Waals surface area (Å²) >= 11 is 0. The lowest BCUT2D eigenvalue weighted by Gasteiger charge is -2.07. The number of anilines is 1. The van der Waals surface area contributed by atoms with E-state index in [0.29, 0.717) is 0 Å². The molecule has 1 heterocycles. The Kier molecular flexibility index (Phi) is 4.24. The smallest absolute Gasteiger partial charge is 0.0659 e. The molecule has 22 heavy (non-hydrogen) atoms. The van der Waals surface area contributed by atoms with E-state index in [2.05, 4.69) is 72.9 Å². The summed E-state index contributed by atoms with van der Waals surface area (Å²) in [6, 6.07) is 16.9. The predicted octanol–water partition coefficient (Wildman–Crippen LogP) is 4.16. The minimum absolute atomic E-state index is 0.789. The van der Waals surface area contributed by atoms with Gasteiger partial charge in [0.1, 0.15) is 0 Å². The fraction of sp³-hybridized carbons (Fsp3) is 0.211. The highest BCUT2D eigenvalue weighted by Gasteiger charge is 2.01. The number of aromatic nitrogens is 2. The largest absolute Gasteiger partial charge is 0.381 e. The van der Waals surface area contributed by atoms with Gasteiger partial charge >= 0.3 is 0 Å². The number of hydrogen-bond donors (Lipinski definition) is 1. The summed E-state index contributed by atoms with van der Waals surface area (Å²) in [5, 5.41) is 7.90. The molecule has 112 valence electrons. The molecule has 2 aromatic carbocycles. The molecule has 0 aliphatic rings. The van der Waals surface area contributed by atoms with Crippen molar-refractivity contribution in [2.75, 3.05) is 5.32 Å². The first-order valence-electron chi connectivity index (χ1n) is 7.56.